The van der Waals surface area contributed by atoms with Gasteiger partial charge in [-0.1, -0.05) is 0 Å². The molecule has 1 fully saturated rings. The Kier molecular flexibility index (Phi) is 5.81. The number of nitrogens with one attached hydrogen (secondary N) is 1. The number of hydrogen-bond donors (Lipinski definition) is 1. The van der Waals surface area contributed by atoms with Crippen molar-refractivity contribution in [1.29, 1.82) is 0 Å². The third-order valence-corrected chi connectivity index (χ3v) is 3.96. The summed E-state index contributed by atoms with van der Waals surface area (Å²) >= 11 is 0. The fraction of sp³-hybridized carbons (Fsp3) is 0.529. The maximum atomic E-state index is 12.2. The number of nitrogens with zero attached hydrogens (tertiary/aromatic N) is 1. The Balaban J connectivity index is 1.86. The van der Waals surface area contributed by atoms with Crippen LogP contribution < -0.4 is 5.32 Å². The van der Waals surface area contributed by atoms with Crippen molar-refractivity contribution in [2.75, 3.05) is 25.0 Å². The van der Waals surface area contributed by atoms with Gasteiger partial charge in [0.2, 0.25) is 5.91 Å². The molecular weight excluding hydrogens is 280 g/mol. The van der Waals surface area contributed by atoms with E-state index in [2.05, 4.69) is 12.2 Å². The van der Waals surface area contributed by atoms with Crippen molar-refractivity contribution < 1.29 is 14.3 Å². The molecule has 1 heterocycles. The fourth-order valence-corrected chi connectivity index (χ4v) is 2.69. The highest BCUT2D eigenvalue weighted by molar-refractivity contribution is 5.90. The number of likely N-dealkylation sites (tertiary alicyclic amines) is 1. The molecule has 22 heavy (non-hydrogen) atoms. The minimum absolute atomic E-state index is 0.127. The van der Waals surface area contributed by atoms with Crippen molar-refractivity contribution >= 4 is 17.6 Å². The van der Waals surface area contributed by atoms with Gasteiger partial charge in [-0.2, -0.15) is 0 Å². The Morgan fingerprint density at radius 3 is 2.64 bits per heavy atom. The lowest BCUT2D eigenvalue weighted by Gasteiger charge is -2.33. The molecule has 0 saturated carbocycles. The fourth-order valence-electron chi connectivity index (χ4n) is 2.69. The number of piperidine rings is 1. The first-order valence-electron chi connectivity index (χ1n) is 7.92. The third-order valence-electron chi connectivity index (χ3n) is 3.96. The number of amides is 1. The summed E-state index contributed by atoms with van der Waals surface area (Å²) in [4.78, 5) is 25.7. The van der Waals surface area contributed by atoms with Gasteiger partial charge in [0.25, 0.3) is 0 Å². The summed E-state index contributed by atoms with van der Waals surface area (Å²) in [5.74, 6) is -0.200. The first-order chi connectivity index (χ1) is 10.6. The molecular formula is C17H24N2O3. The largest absolute Gasteiger partial charge is 0.462 e. The molecule has 5 nitrogen and oxygen atoms in total. The molecule has 1 aromatic rings. The topological polar surface area (TPSA) is 58.6 Å². The minimum Gasteiger partial charge on any atom is -0.462 e. The van der Waals surface area contributed by atoms with E-state index in [1.165, 1.54) is 6.42 Å². The molecule has 1 amide bonds. The van der Waals surface area contributed by atoms with Gasteiger partial charge in [-0.15, -0.1) is 0 Å². The highest BCUT2D eigenvalue weighted by Crippen LogP contribution is 2.17. The van der Waals surface area contributed by atoms with Gasteiger partial charge in [-0.05, 0) is 57.4 Å². The lowest BCUT2D eigenvalue weighted by Crippen LogP contribution is -2.44. The van der Waals surface area contributed by atoms with Crippen molar-refractivity contribution in [1.82, 2.24) is 4.90 Å². The number of hydrogen-bond acceptors (Lipinski definition) is 4. The average molecular weight is 304 g/mol. The second-order valence-electron chi connectivity index (χ2n) is 5.58. The number of rotatable bonds is 5. The lowest BCUT2D eigenvalue weighted by molar-refractivity contribution is -0.132. The summed E-state index contributed by atoms with van der Waals surface area (Å²) in [7, 11) is 0. The van der Waals surface area contributed by atoms with E-state index < -0.39 is 0 Å². The number of carbonyl (C=O) groups is 2. The quantitative estimate of drug-likeness (QED) is 0.850. The predicted molar refractivity (Wildman–Crippen MR) is 85.9 cm³/mol. The summed E-state index contributed by atoms with van der Waals surface area (Å²) < 4.78 is 4.94. The highest BCUT2D eigenvalue weighted by atomic mass is 16.5. The molecule has 1 aliphatic heterocycles. The summed E-state index contributed by atoms with van der Waals surface area (Å²) in [6, 6.07) is 7.32. The van der Waals surface area contributed by atoms with Crippen LogP contribution in [0.1, 0.15) is 43.5 Å². The van der Waals surface area contributed by atoms with E-state index in [-0.39, 0.29) is 18.4 Å². The van der Waals surface area contributed by atoms with E-state index in [1.807, 2.05) is 4.90 Å². The Morgan fingerprint density at radius 2 is 2.00 bits per heavy atom. The van der Waals surface area contributed by atoms with E-state index in [0.29, 0.717) is 18.2 Å². The van der Waals surface area contributed by atoms with Crippen LogP contribution in [0.2, 0.25) is 0 Å². The van der Waals surface area contributed by atoms with Crippen molar-refractivity contribution in [3.8, 4) is 0 Å². The van der Waals surface area contributed by atoms with Gasteiger partial charge in [0, 0.05) is 18.3 Å². The normalized spacial score (nSPS) is 17.9. The van der Waals surface area contributed by atoms with E-state index in [1.54, 1.807) is 31.2 Å². The maximum absolute atomic E-state index is 12.2. The Labute approximate surface area is 131 Å². The van der Waals surface area contributed by atoms with Gasteiger partial charge in [-0.3, -0.25) is 4.79 Å². The number of esters is 1. The van der Waals surface area contributed by atoms with Crippen LogP contribution in [0.5, 0.6) is 0 Å². The average Bonchev–Trinajstić information content (AvgIpc) is 2.54. The molecule has 0 aromatic heterocycles. The maximum Gasteiger partial charge on any atom is 0.338 e. The van der Waals surface area contributed by atoms with Gasteiger partial charge in [-0.25, -0.2) is 4.79 Å². The van der Waals surface area contributed by atoms with Gasteiger partial charge < -0.3 is 15.0 Å². The van der Waals surface area contributed by atoms with E-state index in [9.17, 15) is 9.59 Å². The summed E-state index contributed by atoms with van der Waals surface area (Å²) in [6.45, 7) is 5.38. The first-order valence-corrected chi connectivity index (χ1v) is 7.92. The zero-order valence-corrected chi connectivity index (χ0v) is 13.3. The van der Waals surface area contributed by atoms with E-state index in [4.69, 9.17) is 4.74 Å². The lowest BCUT2D eigenvalue weighted by atomic mass is 10.0. The monoisotopic (exact) mass is 304 g/mol. The second kappa shape index (κ2) is 7.82. The molecule has 1 atom stereocenters. The van der Waals surface area contributed by atoms with Gasteiger partial charge in [0.05, 0.1) is 18.7 Å². The minimum atomic E-state index is -0.327. The summed E-state index contributed by atoms with van der Waals surface area (Å²) in [6.07, 6.45) is 3.37. The first kappa shape index (κ1) is 16.3. The van der Waals surface area contributed by atoms with Crippen LogP contribution in [-0.4, -0.2) is 42.5 Å². The summed E-state index contributed by atoms with van der Waals surface area (Å²) in [5.41, 5.74) is 1.34. The Morgan fingerprint density at radius 1 is 1.27 bits per heavy atom. The SMILES string of the molecule is CCOC(=O)c1ccc(NCC(=O)N2CCCCC2C)cc1. The van der Waals surface area contributed by atoms with Crippen LogP contribution in [-0.2, 0) is 9.53 Å². The predicted octanol–water partition coefficient (Wildman–Crippen LogP) is 2.68. The molecule has 0 spiro atoms. The standard InChI is InChI=1S/C17H24N2O3/c1-3-22-17(21)14-7-9-15(10-8-14)18-12-16(20)19-11-5-4-6-13(19)2/h7-10,13,18H,3-6,11-12H2,1-2H3. The van der Waals surface area contributed by atoms with Crippen molar-refractivity contribution in [3.63, 3.8) is 0 Å². The second-order valence-corrected chi connectivity index (χ2v) is 5.58. The number of carbonyl (C=O) groups excluding carboxylic acids is 2. The number of benzene rings is 1. The molecule has 1 N–H and O–H groups in total. The summed E-state index contributed by atoms with van der Waals surface area (Å²) in [5, 5.41) is 3.12. The van der Waals surface area contributed by atoms with Crippen LogP contribution in [0.3, 0.4) is 0 Å². The zero-order chi connectivity index (χ0) is 15.9. The Hall–Kier alpha value is -2.04. The van der Waals surface area contributed by atoms with E-state index in [0.717, 1.165) is 25.1 Å². The van der Waals surface area contributed by atoms with Crippen LogP contribution in [0.15, 0.2) is 24.3 Å². The molecule has 0 bridgehead atoms. The van der Waals surface area contributed by atoms with Crippen LogP contribution in [0, 0.1) is 0 Å². The van der Waals surface area contributed by atoms with Crippen LogP contribution >= 0.6 is 0 Å². The van der Waals surface area contributed by atoms with Crippen LogP contribution in [0.25, 0.3) is 0 Å². The third kappa shape index (κ3) is 4.23. The molecule has 120 valence electrons. The van der Waals surface area contributed by atoms with Gasteiger partial charge in [0.1, 0.15) is 0 Å². The molecule has 1 aliphatic rings. The number of anilines is 1. The number of ether oxygens (including phenoxy) is 1. The van der Waals surface area contributed by atoms with Crippen molar-refractivity contribution in [2.45, 2.75) is 39.2 Å². The van der Waals surface area contributed by atoms with Gasteiger partial charge in [0.15, 0.2) is 0 Å². The molecule has 1 aromatic carbocycles. The molecule has 1 unspecified atom stereocenters. The molecule has 0 aliphatic carbocycles. The molecule has 5 heteroatoms. The van der Waals surface area contributed by atoms with Crippen molar-refractivity contribution in [2.24, 2.45) is 0 Å². The van der Waals surface area contributed by atoms with Gasteiger partial charge >= 0.3 is 5.97 Å². The smallest absolute Gasteiger partial charge is 0.338 e. The molecule has 2 rings (SSSR count). The van der Waals surface area contributed by atoms with Crippen LogP contribution in [0.4, 0.5) is 5.69 Å². The molecule has 0 radical (unpaired) electrons. The van der Waals surface area contributed by atoms with Crippen molar-refractivity contribution in [3.05, 3.63) is 29.8 Å². The zero-order valence-electron chi connectivity index (χ0n) is 13.3. The van der Waals surface area contributed by atoms with E-state index >= 15 is 0 Å². The highest BCUT2D eigenvalue weighted by Gasteiger charge is 2.22. The Bertz CT molecular complexity index is 513. The molecule has 1 saturated heterocycles.